The maximum atomic E-state index is 12.7. The van der Waals surface area contributed by atoms with Crippen molar-refractivity contribution in [2.75, 3.05) is 13.2 Å². The third-order valence-corrected chi connectivity index (χ3v) is 5.53. The van der Waals surface area contributed by atoms with Crippen molar-refractivity contribution < 1.29 is 28.0 Å². The topological polar surface area (TPSA) is 147 Å². The zero-order chi connectivity index (χ0) is 20.9. The van der Waals surface area contributed by atoms with Crippen LogP contribution in [0.15, 0.2) is 53.4 Å². The lowest BCUT2D eigenvalue weighted by Gasteiger charge is -2.21. The molecule has 0 saturated carbocycles. The van der Waals surface area contributed by atoms with Crippen molar-refractivity contribution >= 4 is 27.6 Å². The van der Waals surface area contributed by atoms with E-state index in [2.05, 4.69) is 5.32 Å². The summed E-state index contributed by atoms with van der Waals surface area (Å²) in [7, 11) is -4.16. The highest BCUT2D eigenvalue weighted by Gasteiger charge is 2.27. The van der Waals surface area contributed by atoms with E-state index < -0.39 is 40.0 Å². The van der Waals surface area contributed by atoms with Crippen molar-refractivity contribution in [3.8, 4) is 0 Å². The number of aliphatic carboxylic acids is 1. The number of nitro benzene ring substituents is 1. The van der Waals surface area contributed by atoms with Gasteiger partial charge in [0.15, 0.2) is 0 Å². The summed E-state index contributed by atoms with van der Waals surface area (Å²) in [5, 5.41) is 22.0. The molecule has 10 nitrogen and oxygen atoms in total. The minimum absolute atomic E-state index is 0.0635. The number of nitro groups is 1. The van der Waals surface area contributed by atoms with Gasteiger partial charge in [-0.2, -0.15) is 4.31 Å². The third-order valence-electron chi connectivity index (χ3n) is 3.73. The Morgan fingerprint density at radius 2 is 1.68 bits per heavy atom. The number of hydrogen-bond donors (Lipinski definition) is 2. The van der Waals surface area contributed by atoms with Gasteiger partial charge in [-0.25, -0.2) is 8.42 Å². The minimum atomic E-state index is -4.16. The molecule has 2 N–H and O–H groups in total. The van der Waals surface area contributed by atoms with E-state index in [9.17, 15) is 28.1 Å². The number of carboxylic acids is 1. The molecule has 0 saturated heterocycles. The molecule has 2 aromatic rings. The van der Waals surface area contributed by atoms with E-state index in [-0.39, 0.29) is 16.1 Å². The zero-order valence-electron chi connectivity index (χ0n) is 14.7. The van der Waals surface area contributed by atoms with E-state index in [4.69, 9.17) is 5.11 Å². The fourth-order valence-electron chi connectivity index (χ4n) is 2.23. The molecule has 0 radical (unpaired) electrons. The van der Waals surface area contributed by atoms with E-state index in [1.54, 1.807) is 19.1 Å². The fraction of sp³-hybridized carbons (Fsp3) is 0.176. The van der Waals surface area contributed by atoms with Gasteiger partial charge in [-0.1, -0.05) is 17.7 Å². The number of benzene rings is 2. The van der Waals surface area contributed by atoms with Crippen molar-refractivity contribution in [2.24, 2.45) is 0 Å². The highest BCUT2D eigenvalue weighted by atomic mass is 32.2. The number of hydrogen-bond acceptors (Lipinski definition) is 6. The Morgan fingerprint density at radius 1 is 1.11 bits per heavy atom. The summed E-state index contributed by atoms with van der Waals surface area (Å²) in [5.74, 6) is -2.09. The molecule has 0 heterocycles. The fourth-order valence-corrected chi connectivity index (χ4v) is 3.53. The Morgan fingerprint density at radius 3 is 2.18 bits per heavy atom. The van der Waals surface area contributed by atoms with Gasteiger partial charge in [-0.05, 0) is 31.2 Å². The largest absolute Gasteiger partial charge is 0.480 e. The van der Waals surface area contributed by atoms with Crippen LogP contribution in [0.4, 0.5) is 5.69 Å². The molecule has 2 aromatic carbocycles. The van der Waals surface area contributed by atoms with Crippen LogP contribution in [0.25, 0.3) is 0 Å². The van der Waals surface area contributed by atoms with Gasteiger partial charge in [-0.3, -0.25) is 19.7 Å². The molecule has 0 unspecified atom stereocenters. The van der Waals surface area contributed by atoms with Crippen molar-refractivity contribution in [1.29, 1.82) is 0 Å². The summed E-state index contributed by atoms with van der Waals surface area (Å²) >= 11 is 0. The Labute approximate surface area is 160 Å². The maximum absolute atomic E-state index is 12.7. The average Bonchev–Trinajstić information content (AvgIpc) is 2.64. The number of sulfonamides is 1. The number of amides is 1. The Hall–Kier alpha value is -3.31. The molecule has 0 bridgehead atoms. The highest BCUT2D eigenvalue weighted by Crippen LogP contribution is 2.16. The summed E-state index contributed by atoms with van der Waals surface area (Å²) in [6.45, 7) is 0.338. The molecule has 0 aliphatic carbocycles. The van der Waals surface area contributed by atoms with E-state index in [1.807, 2.05) is 0 Å². The summed E-state index contributed by atoms with van der Waals surface area (Å²) in [4.78, 5) is 33.2. The lowest BCUT2D eigenvalue weighted by atomic mass is 10.2. The van der Waals surface area contributed by atoms with E-state index in [1.165, 1.54) is 24.3 Å². The molecule has 1 amide bonds. The number of aryl methyl sites for hydroxylation is 1. The molecule has 0 fully saturated rings. The van der Waals surface area contributed by atoms with E-state index in [0.717, 1.165) is 17.7 Å². The second-order valence-electron chi connectivity index (χ2n) is 5.79. The lowest BCUT2D eigenvalue weighted by molar-refractivity contribution is -0.384. The molecule has 0 aliphatic rings. The van der Waals surface area contributed by atoms with Crippen LogP contribution < -0.4 is 5.32 Å². The first-order valence-corrected chi connectivity index (χ1v) is 9.36. The lowest BCUT2D eigenvalue weighted by Crippen LogP contribution is -2.43. The molecule has 0 atom stereocenters. The molecule has 0 aliphatic heterocycles. The van der Waals surface area contributed by atoms with E-state index >= 15 is 0 Å². The van der Waals surface area contributed by atoms with Gasteiger partial charge >= 0.3 is 5.97 Å². The second kappa shape index (κ2) is 8.59. The molecule has 2 rings (SSSR count). The molecule has 0 spiro atoms. The Balaban J connectivity index is 2.17. The van der Waals surface area contributed by atoms with Gasteiger partial charge < -0.3 is 10.4 Å². The normalized spacial score (nSPS) is 11.2. The number of nitrogens with one attached hydrogen (secondary N) is 1. The Kier molecular flexibility index (Phi) is 6.44. The van der Waals surface area contributed by atoms with Gasteiger partial charge in [0.05, 0.1) is 16.5 Å². The first-order chi connectivity index (χ1) is 13.1. The van der Waals surface area contributed by atoms with Crippen LogP contribution in [0, 0.1) is 17.0 Å². The van der Waals surface area contributed by atoms with Gasteiger partial charge in [0.25, 0.3) is 11.6 Å². The number of carbonyl (C=O) groups excluding carboxylic acids is 1. The Bertz CT molecular complexity index is 986. The van der Waals surface area contributed by atoms with Crippen LogP contribution in [0.5, 0.6) is 0 Å². The minimum Gasteiger partial charge on any atom is -0.480 e. The van der Waals surface area contributed by atoms with Crippen molar-refractivity contribution in [1.82, 2.24) is 9.62 Å². The van der Waals surface area contributed by atoms with Gasteiger partial charge in [0, 0.05) is 17.7 Å². The summed E-state index contributed by atoms with van der Waals surface area (Å²) in [6.07, 6.45) is 0. The highest BCUT2D eigenvalue weighted by molar-refractivity contribution is 7.89. The number of carboxylic acid groups (broad SMARTS) is 1. The monoisotopic (exact) mass is 407 g/mol. The van der Waals surface area contributed by atoms with Crippen molar-refractivity contribution in [3.63, 3.8) is 0 Å². The van der Waals surface area contributed by atoms with Gasteiger partial charge in [0.2, 0.25) is 10.0 Å². The molecule has 0 aromatic heterocycles. The molecular weight excluding hydrogens is 390 g/mol. The predicted octanol–water partition coefficient (Wildman–Crippen LogP) is 1.37. The smallest absolute Gasteiger partial charge is 0.318 e. The van der Waals surface area contributed by atoms with E-state index in [0.29, 0.717) is 4.31 Å². The average molecular weight is 407 g/mol. The number of carbonyl (C=O) groups is 2. The van der Waals surface area contributed by atoms with Crippen LogP contribution in [-0.2, 0) is 14.8 Å². The standard InChI is InChI=1S/C17H17N3O7S/c1-12-2-8-15(9-3-12)28(26,27)19(10-16(21)22)11-18-17(23)13-4-6-14(7-5-13)20(24)25/h2-9H,10-11H2,1H3,(H,18,23)(H,21,22). The molecule has 11 heteroatoms. The maximum Gasteiger partial charge on any atom is 0.318 e. The van der Waals surface area contributed by atoms with Crippen LogP contribution in [0.1, 0.15) is 15.9 Å². The summed E-state index contributed by atoms with van der Waals surface area (Å²) in [6, 6.07) is 10.5. The summed E-state index contributed by atoms with van der Waals surface area (Å²) in [5.41, 5.74) is 0.690. The van der Waals surface area contributed by atoms with Crippen LogP contribution >= 0.6 is 0 Å². The zero-order valence-corrected chi connectivity index (χ0v) is 15.5. The first-order valence-electron chi connectivity index (χ1n) is 7.92. The first kappa shape index (κ1) is 21.0. The van der Waals surface area contributed by atoms with Crippen LogP contribution in [-0.4, -0.2) is 47.8 Å². The molecular formula is C17H17N3O7S. The predicted molar refractivity (Wildman–Crippen MR) is 98.1 cm³/mol. The van der Waals surface area contributed by atoms with Crippen molar-refractivity contribution in [3.05, 3.63) is 69.8 Å². The number of rotatable bonds is 8. The van der Waals surface area contributed by atoms with Crippen LogP contribution in [0.3, 0.4) is 0 Å². The third kappa shape index (κ3) is 5.11. The second-order valence-corrected chi connectivity index (χ2v) is 7.73. The van der Waals surface area contributed by atoms with Crippen molar-refractivity contribution in [2.45, 2.75) is 11.8 Å². The quantitative estimate of drug-likeness (QED) is 0.381. The van der Waals surface area contributed by atoms with Gasteiger partial charge in [-0.15, -0.1) is 0 Å². The number of non-ortho nitro benzene ring substituents is 1. The van der Waals surface area contributed by atoms with Gasteiger partial charge in [0.1, 0.15) is 6.54 Å². The molecule has 28 heavy (non-hydrogen) atoms. The summed E-state index contributed by atoms with van der Waals surface area (Å²) < 4.78 is 26.0. The SMILES string of the molecule is Cc1ccc(S(=O)(=O)N(CNC(=O)c2ccc([N+](=O)[O-])cc2)CC(=O)O)cc1. The van der Waals surface area contributed by atoms with Crippen LogP contribution in [0.2, 0.25) is 0 Å². The molecule has 148 valence electrons. The number of nitrogens with zero attached hydrogens (tertiary/aromatic N) is 2.